The highest BCUT2D eigenvalue weighted by Crippen LogP contribution is 2.38. The second kappa shape index (κ2) is 10.2. The third-order valence-corrected chi connectivity index (χ3v) is 8.61. The number of hydrogen-bond acceptors (Lipinski definition) is 5. The molecule has 0 radical (unpaired) electrons. The van der Waals surface area contributed by atoms with Gasteiger partial charge < -0.3 is 25.6 Å². The molecule has 3 aromatic rings. The quantitative estimate of drug-likeness (QED) is 0.409. The number of nitrogens with zero attached hydrogens (tertiary/aromatic N) is 2. The van der Waals surface area contributed by atoms with Crippen LogP contribution in [0.2, 0.25) is 0 Å². The highest BCUT2D eigenvalue weighted by molar-refractivity contribution is 5.93. The summed E-state index contributed by atoms with van der Waals surface area (Å²) in [5.41, 5.74) is 4.28. The van der Waals surface area contributed by atoms with Gasteiger partial charge in [-0.3, -0.25) is 0 Å². The lowest BCUT2D eigenvalue weighted by Gasteiger charge is -2.47. The monoisotopic (exact) mass is 499 g/mol. The molecule has 3 heterocycles. The minimum absolute atomic E-state index is 0.122. The third kappa shape index (κ3) is 4.97. The van der Waals surface area contributed by atoms with Gasteiger partial charge in [0.2, 0.25) is 0 Å². The number of hydrogen-bond donors (Lipinski definition) is 3. The average Bonchev–Trinajstić information content (AvgIpc) is 2.89. The Hall–Kier alpha value is -3.32. The van der Waals surface area contributed by atoms with E-state index in [1.165, 1.54) is 30.4 Å². The van der Waals surface area contributed by atoms with E-state index >= 15 is 0 Å². The van der Waals surface area contributed by atoms with Crippen LogP contribution in [0.5, 0.6) is 5.75 Å². The van der Waals surface area contributed by atoms with Gasteiger partial charge in [0.05, 0.1) is 18.7 Å². The van der Waals surface area contributed by atoms with Crippen LogP contribution in [0.4, 0.5) is 16.3 Å². The van der Waals surface area contributed by atoms with E-state index in [2.05, 4.69) is 46.1 Å². The summed E-state index contributed by atoms with van der Waals surface area (Å²) in [7, 11) is 3.97. The fourth-order valence-electron chi connectivity index (χ4n) is 6.71. The zero-order valence-corrected chi connectivity index (χ0v) is 21.8. The first-order chi connectivity index (χ1) is 18.1. The van der Waals surface area contributed by atoms with Gasteiger partial charge >= 0.3 is 6.03 Å². The minimum atomic E-state index is -0.122. The van der Waals surface area contributed by atoms with Crippen LogP contribution >= 0.6 is 0 Å². The van der Waals surface area contributed by atoms with Crippen molar-refractivity contribution in [1.82, 2.24) is 15.2 Å². The second-order valence-electron chi connectivity index (χ2n) is 10.9. The number of anilines is 2. The van der Waals surface area contributed by atoms with E-state index in [1.807, 2.05) is 30.3 Å². The SMILES string of the molecule is COc1cccc2c1C(Nc1ccc3cc(NC(=O)NC4C[C@H]5CCC[C@@H](C4)N5C)ccc3n1)CCC2. The maximum Gasteiger partial charge on any atom is 0.319 e. The highest BCUT2D eigenvalue weighted by Gasteiger charge is 2.36. The Kier molecular flexibility index (Phi) is 6.63. The van der Waals surface area contributed by atoms with Crippen molar-refractivity contribution < 1.29 is 9.53 Å². The number of urea groups is 1. The van der Waals surface area contributed by atoms with Crippen LogP contribution in [0, 0.1) is 0 Å². The summed E-state index contributed by atoms with van der Waals surface area (Å²) >= 11 is 0. The molecule has 7 heteroatoms. The van der Waals surface area contributed by atoms with Crippen LogP contribution < -0.4 is 20.7 Å². The molecule has 0 saturated carbocycles. The molecule has 2 amide bonds. The zero-order chi connectivity index (χ0) is 25.4. The normalized spacial score (nSPS) is 25.2. The Balaban J connectivity index is 1.12. The van der Waals surface area contributed by atoms with Crippen LogP contribution in [-0.4, -0.2) is 48.2 Å². The first kappa shape index (κ1) is 24.0. The molecule has 1 aliphatic carbocycles. The molecule has 0 spiro atoms. The van der Waals surface area contributed by atoms with Crippen molar-refractivity contribution in [2.24, 2.45) is 0 Å². The molecule has 7 nitrogen and oxygen atoms in total. The summed E-state index contributed by atoms with van der Waals surface area (Å²) in [4.78, 5) is 20.2. The summed E-state index contributed by atoms with van der Waals surface area (Å²) < 4.78 is 5.67. The van der Waals surface area contributed by atoms with E-state index in [0.29, 0.717) is 12.1 Å². The Morgan fingerprint density at radius 1 is 1.03 bits per heavy atom. The number of carbonyl (C=O) groups is 1. The molecule has 194 valence electrons. The van der Waals surface area contributed by atoms with Crippen molar-refractivity contribution in [1.29, 1.82) is 0 Å². The number of ether oxygens (including phenoxy) is 1. The standard InChI is InChI=1S/C30H37N5O2/c1-35-23-8-5-9-24(35)18-22(17-23)32-30(36)31-21-13-14-25-20(16-21)12-15-28(33-25)34-26-10-3-6-19-7-4-11-27(37-2)29(19)26/h4,7,11-16,22-24,26H,3,5-6,8-10,17-18H2,1-2H3,(H,33,34)(H2,31,32,36)/t22?,23-,24+,26?. The molecule has 2 unspecified atom stereocenters. The number of rotatable bonds is 5. The Bertz CT molecular complexity index is 1270. The number of fused-ring (bicyclic) bond motifs is 4. The fourth-order valence-corrected chi connectivity index (χ4v) is 6.71. The van der Waals surface area contributed by atoms with Crippen LogP contribution in [0.3, 0.4) is 0 Å². The number of pyridine rings is 1. The van der Waals surface area contributed by atoms with Gasteiger partial charge in [-0.15, -0.1) is 0 Å². The number of carbonyl (C=O) groups excluding carboxylic acids is 1. The third-order valence-electron chi connectivity index (χ3n) is 8.61. The fraction of sp³-hybridized carbons (Fsp3) is 0.467. The van der Waals surface area contributed by atoms with Crippen molar-refractivity contribution in [3.8, 4) is 5.75 Å². The molecule has 2 saturated heterocycles. The number of aromatic nitrogens is 1. The van der Waals surface area contributed by atoms with Crippen molar-refractivity contribution in [2.75, 3.05) is 24.8 Å². The summed E-state index contributed by atoms with van der Waals surface area (Å²) in [6.07, 6.45) is 9.13. The average molecular weight is 500 g/mol. The van der Waals surface area contributed by atoms with Gasteiger partial charge in [-0.25, -0.2) is 9.78 Å². The van der Waals surface area contributed by atoms with Crippen molar-refractivity contribution in [3.63, 3.8) is 0 Å². The van der Waals surface area contributed by atoms with E-state index in [1.54, 1.807) is 7.11 Å². The number of amides is 2. The number of methoxy groups -OCH3 is 1. The van der Waals surface area contributed by atoms with Crippen molar-refractivity contribution in [2.45, 2.75) is 75.5 Å². The van der Waals surface area contributed by atoms with Gasteiger partial charge in [0.15, 0.2) is 0 Å². The predicted molar refractivity (Wildman–Crippen MR) is 148 cm³/mol. The van der Waals surface area contributed by atoms with Crippen LogP contribution in [0.25, 0.3) is 10.9 Å². The molecule has 2 bridgehead atoms. The lowest BCUT2D eigenvalue weighted by molar-refractivity contribution is 0.0513. The predicted octanol–water partition coefficient (Wildman–Crippen LogP) is 5.87. The molecule has 2 fully saturated rings. The molecule has 3 N–H and O–H groups in total. The number of piperidine rings is 2. The van der Waals surface area contributed by atoms with Gasteiger partial charge in [0.25, 0.3) is 0 Å². The number of aryl methyl sites for hydroxylation is 1. The lowest BCUT2D eigenvalue weighted by atomic mass is 9.82. The van der Waals surface area contributed by atoms with E-state index in [-0.39, 0.29) is 18.1 Å². The lowest BCUT2D eigenvalue weighted by Crippen LogP contribution is -2.55. The summed E-state index contributed by atoms with van der Waals surface area (Å²) in [6.45, 7) is 0. The largest absolute Gasteiger partial charge is 0.496 e. The summed E-state index contributed by atoms with van der Waals surface area (Å²) in [5, 5.41) is 10.9. The zero-order valence-electron chi connectivity index (χ0n) is 21.8. The van der Waals surface area contributed by atoms with E-state index in [9.17, 15) is 4.79 Å². The molecular weight excluding hydrogens is 462 g/mol. The van der Waals surface area contributed by atoms with Gasteiger partial charge in [0, 0.05) is 34.8 Å². The van der Waals surface area contributed by atoms with Gasteiger partial charge in [0.1, 0.15) is 11.6 Å². The van der Waals surface area contributed by atoms with Gasteiger partial charge in [-0.1, -0.05) is 18.6 Å². The Morgan fingerprint density at radius 2 is 1.86 bits per heavy atom. The molecule has 6 rings (SSSR count). The number of nitrogens with one attached hydrogen (secondary N) is 3. The molecule has 1 aromatic heterocycles. The molecular formula is C30H37N5O2. The Morgan fingerprint density at radius 3 is 2.68 bits per heavy atom. The molecule has 37 heavy (non-hydrogen) atoms. The Labute approximate surface area is 219 Å². The molecule has 2 aromatic carbocycles. The van der Waals surface area contributed by atoms with Crippen LogP contribution in [0.15, 0.2) is 48.5 Å². The smallest absolute Gasteiger partial charge is 0.319 e. The topological polar surface area (TPSA) is 78.5 Å². The second-order valence-corrected chi connectivity index (χ2v) is 10.9. The van der Waals surface area contributed by atoms with Gasteiger partial charge in [-0.05, 0) is 94.0 Å². The summed E-state index contributed by atoms with van der Waals surface area (Å²) in [6, 6.07) is 17.8. The summed E-state index contributed by atoms with van der Waals surface area (Å²) in [5.74, 6) is 1.79. The first-order valence-electron chi connectivity index (χ1n) is 13.7. The van der Waals surface area contributed by atoms with Crippen LogP contribution in [0.1, 0.15) is 62.1 Å². The van der Waals surface area contributed by atoms with Crippen molar-refractivity contribution in [3.05, 3.63) is 59.7 Å². The maximum absolute atomic E-state index is 12.8. The molecule has 4 atom stereocenters. The van der Waals surface area contributed by atoms with E-state index in [0.717, 1.165) is 60.3 Å². The van der Waals surface area contributed by atoms with E-state index in [4.69, 9.17) is 9.72 Å². The highest BCUT2D eigenvalue weighted by atomic mass is 16.5. The first-order valence-corrected chi connectivity index (χ1v) is 13.7. The number of benzene rings is 2. The maximum atomic E-state index is 12.8. The van der Waals surface area contributed by atoms with Crippen LogP contribution in [-0.2, 0) is 6.42 Å². The molecule has 2 aliphatic heterocycles. The van der Waals surface area contributed by atoms with Crippen molar-refractivity contribution >= 4 is 28.4 Å². The molecule has 3 aliphatic rings. The van der Waals surface area contributed by atoms with E-state index < -0.39 is 0 Å². The van der Waals surface area contributed by atoms with Gasteiger partial charge in [-0.2, -0.15) is 0 Å². The minimum Gasteiger partial charge on any atom is -0.496 e.